The van der Waals surface area contributed by atoms with Crippen LogP contribution >= 0.6 is 11.8 Å². The lowest BCUT2D eigenvalue weighted by atomic mass is 9.90. The molecule has 2 aliphatic carbocycles. The first kappa shape index (κ1) is 25.6. The summed E-state index contributed by atoms with van der Waals surface area (Å²) in [6.45, 7) is 0. The SMILES string of the molecule is C1=CC2Sc3c(-c4cccc(-c5cc(-c6cccc(-c7cccc8c9c(oc78)CCC=C9)c6)ncn5)c4)cccc3C2C=C1. The van der Waals surface area contributed by atoms with Gasteiger partial charge in [0.05, 0.1) is 11.4 Å². The van der Waals surface area contributed by atoms with Crippen molar-refractivity contribution in [3.8, 4) is 44.8 Å². The summed E-state index contributed by atoms with van der Waals surface area (Å²) in [6, 6.07) is 32.6. The minimum Gasteiger partial charge on any atom is -0.460 e. The van der Waals surface area contributed by atoms with Crippen LogP contribution in [0.1, 0.15) is 29.2 Å². The molecule has 3 nitrogen and oxygen atoms in total. The number of para-hydroxylation sites is 1. The average molecular weight is 585 g/mol. The first-order chi connectivity index (χ1) is 21.8. The molecule has 0 fully saturated rings. The number of benzene rings is 4. The number of rotatable bonds is 4. The van der Waals surface area contributed by atoms with Crippen molar-refractivity contribution in [2.24, 2.45) is 0 Å². The van der Waals surface area contributed by atoms with Gasteiger partial charge in [0, 0.05) is 50.1 Å². The molecule has 0 saturated heterocycles. The van der Waals surface area contributed by atoms with Gasteiger partial charge in [-0.1, -0.05) is 109 Å². The van der Waals surface area contributed by atoms with E-state index in [-0.39, 0.29) is 0 Å². The molecule has 0 N–H and O–H groups in total. The normalized spacial score (nSPS) is 17.9. The lowest BCUT2D eigenvalue weighted by Gasteiger charge is -2.14. The van der Waals surface area contributed by atoms with Crippen molar-refractivity contribution in [1.29, 1.82) is 0 Å². The van der Waals surface area contributed by atoms with E-state index in [4.69, 9.17) is 14.4 Å². The fraction of sp³-hybridized carbons (Fsp3) is 0.100. The molecule has 0 spiro atoms. The fourth-order valence-electron chi connectivity index (χ4n) is 6.86. The van der Waals surface area contributed by atoms with Crippen molar-refractivity contribution in [3.63, 3.8) is 0 Å². The molecule has 44 heavy (non-hydrogen) atoms. The predicted octanol–water partition coefficient (Wildman–Crippen LogP) is 10.5. The summed E-state index contributed by atoms with van der Waals surface area (Å²) in [7, 11) is 0. The number of aryl methyl sites for hydroxylation is 1. The van der Waals surface area contributed by atoms with Gasteiger partial charge in [0.15, 0.2) is 0 Å². The van der Waals surface area contributed by atoms with E-state index in [2.05, 4.69) is 127 Å². The number of furan rings is 1. The Morgan fingerprint density at radius 3 is 2.25 bits per heavy atom. The largest absolute Gasteiger partial charge is 0.460 e. The smallest absolute Gasteiger partial charge is 0.142 e. The molecule has 2 unspecified atom stereocenters. The molecule has 3 heterocycles. The molecular formula is C40H28N2OS. The summed E-state index contributed by atoms with van der Waals surface area (Å²) >= 11 is 1.98. The first-order valence-corrected chi connectivity index (χ1v) is 16.1. The Labute approximate surface area is 260 Å². The maximum atomic E-state index is 6.42. The summed E-state index contributed by atoms with van der Waals surface area (Å²) in [5, 5.41) is 1.65. The number of thioether (sulfide) groups is 1. The first-order valence-electron chi connectivity index (χ1n) is 15.2. The van der Waals surface area contributed by atoms with Gasteiger partial charge in [0.1, 0.15) is 17.7 Å². The second-order valence-corrected chi connectivity index (χ2v) is 12.8. The molecule has 1 aliphatic heterocycles. The molecule has 4 aromatic carbocycles. The van der Waals surface area contributed by atoms with Gasteiger partial charge >= 0.3 is 0 Å². The summed E-state index contributed by atoms with van der Waals surface area (Å²) in [4.78, 5) is 10.8. The van der Waals surface area contributed by atoms with E-state index in [9.17, 15) is 0 Å². The zero-order valence-electron chi connectivity index (χ0n) is 24.0. The minimum atomic E-state index is 0.449. The van der Waals surface area contributed by atoms with Crippen LogP contribution in [-0.2, 0) is 6.42 Å². The number of allylic oxidation sites excluding steroid dienone is 4. The maximum Gasteiger partial charge on any atom is 0.142 e. The van der Waals surface area contributed by atoms with E-state index in [1.54, 1.807) is 6.33 Å². The number of hydrogen-bond donors (Lipinski definition) is 0. The molecule has 210 valence electrons. The summed E-state index contributed by atoms with van der Waals surface area (Å²) in [5.74, 6) is 1.53. The quantitative estimate of drug-likeness (QED) is 0.207. The summed E-state index contributed by atoms with van der Waals surface area (Å²) < 4.78 is 6.42. The minimum absolute atomic E-state index is 0.449. The van der Waals surface area contributed by atoms with E-state index >= 15 is 0 Å². The topological polar surface area (TPSA) is 38.9 Å². The Balaban J connectivity index is 1.07. The van der Waals surface area contributed by atoms with Gasteiger partial charge in [0.2, 0.25) is 0 Å². The Kier molecular flexibility index (Phi) is 6.02. The third kappa shape index (κ3) is 4.21. The summed E-state index contributed by atoms with van der Waals surface area (Å²) in [5.41, 5.74) is 12.3. The molecule has 2 atom stereocenters. The number of nitrogens with zero attached hydrogens (tertiary/aromatic N) is 2. The molecular weight excluding hydrogens is 557 g/mol. The molecule has 9 rings (SSSR count). The third-order valence-electron chi connectivity index (χ3n) is 9.00. The highest BCUT2D eigenvalue weighted by molar-refractivity contribution is 8.00. The summed E-state index contributed by atoms with van der Waals surface area (Å²) in [6.07, 6.45) is 17.1. The standard InChI is InChI=1S/C40H28N2OS/c1-3-19-37-31(13-1)33-17-7-15-29(39(33)43-37)25-9-5-11-27(21-25)35-23-36(42-24-41-35)28-12-6-10-26(22-28)30-16-8-18-34-32-14-2-4-20-38(32)44-40(30)34/h1-2,4-18,20-24,32,38H,3,19H2. The van der Waals surface area contributed by atoms with Gasteiger partial charge in [-0.05, 0) is 46.9 Å². The van der Waals surface area contributed by atoms with Crippen molar-refractivity contribution in [2.45, 2.75) is 28.9 Å². The number of aromatic nitrogens is 2. The number of hydrogen-bond acceptors (Lipinski definition) is 4. The van der Waals surface area contributed by atoms with Gasteiger partial charge in [-0.3, -0.25) is 0 Å². The molecule has 0 saturated carbocycles. The fourth-order valence-corrected chi connectivity index (χ4v) is 8.33. The third-order valence-corrected chi connectivity index (χ3v) is 10.4. The van der Waals surface area contributed by atoms with Crippen molar-refractivity contribution in [1.82, 2.24) is 9.97 Å². The van der Waals surface area contributed by atoms with Gasteiger partial charge < -0.3 is 4.42 Å². The van der Waals surface area contributed by atoms with E-state index in [1.165, 1.54) is 32.5 Å². The molecule has 6 aromatic rings. The highest BCUT2D eigenvalue weighted by atomic mass is 32.2. The van der Waals surface area contributed by atoms with Crippen LogP contribution in [0.2, 0.25) is 0 Å². The average Bonchev–Trinajstić information content (AvgIpc) is 3.67. The van der Waals surface area contributed by atoms with Crippen molar-refractivity contribution in [3.05, 3.63) is 145 Å². The monoisotopic (exact) mass is 584 g/mol. The Bertz CT molecular complexity index is 2190. The zero-order chi connectivity index (χ0) is 29.0. The van der Waals surface area contributed by atoms with Crippen molar-refractivity contribution in [2.75, 3.05) is 0 Å². The highest BCUT2D eigenvalue weighted by Gasteiger charge is 2.32. The van der Waals surface area contributed by atoms with E-state index < -0.39 is 0 Å². The molecule has 0 amide bonds. The van der Waals surface area contributed by atoms with Crippen LogP contribution in [0, 0.1) is 0 Å². The van der Waals surface area contributed by atoms with Crippen LogP contribution in [0.3, 0.4) is 0 Å². The van der Waals surface area contributed by atoms with Crippen LogP contribution in [-0.4, -0.2) is 15.2 Å². The second-order valence-electron chi connectivity index (χ2n) is 11.6. The van der Waals surface area contributed by atoms with E-state index in [1.807, 2.05) is 11.8 Å². The van der Waals surface area contributed by atoms with Crippen LogP contribution in [0.25, 0.3) is 61.8 Å². The molecule has 0 radical (unpaired) electrons. The van der Waals surface area contributed by atoms with Gasteiger partial charge in [-0.2, -0.15) is 0 Å². The van der Waals surface area contributed by atoms with Crippen LogP contribution in [0.15, 0.2) is 137 Å². The lowest BCUT2D eigenvalue weighted by Crippen LogP contribution is -2.06. The van der Waals surface area contributed by atoms with E-state index in [0.717, 1.165) is 57.8 Å². The number of fused-ring (bicyclic) bond motifs is 6. The Morgan fingerprint density at radius 1 is 0.705 bits per heavy atom. The van der Waals surface area contributed by atoms with Crippen molar-refractivity contribution < 1.29 is 4.42 Å². The second kappa shape index (κ2) is 10.4. The highest BCUT2D eigenvalue weighted by Crippen LogP contribution is 2.51. The Hall–Kier alpha value is -4.93. The zero-order valence-corrected chi connectivity index (χ0v) is 24.8. The molecule has 3 aliphatic rings. The van der Waals surface area contributed by atoms with Gasteiger partial charge in [-0.15, -0.1) is 11.8 Å². The Morgan fingerprint density at radius 2 is 1.41 bits per heavy atom. The molecule has 4 heteroatoms. The van der Waals surface area contributed by atoms with E-state index in [0.29, 0.717) is 11.2 Å². The lowest BCUT2D eigenvalue weighted by molar-refractivity contribution is 0.547. The van der Waals surface area contributed by atoms with Crippen LogP contribution < -0.4 is 0 Å². The van der Waals surface area contributed by atoms with Crippen LogP contribution in [0.5, 0.6) is 0 Å². The van der Waals surface area contributed by atoms with Crippen molar-refractivity contribution >= 4 is 28.8 Å². The molecule has 2 aromatic heterocycles. The molecule has 0 bridgehead atoms. The van der Waals surface area contributed by atoms with Gasteiger partial charge in [-0.25, -0.2) is 9.97 Å². The predicted molar refractivity (Wildman–Crippen MR) is 182 cm³/mol. The maximum absolute atomic E-state index is 6.42. The van der Waals surface area contributed by atoms with Crippen LogP contribution in [0.4, 0.5) is 0 Å². The van der Waals surface area contributed by atoms with Gasteiger partial charge in [0.25, 0.3) is 0 Å².